The zero-order chi connectivity index (χ0) is 13.4. The average Bonchev–Trinajstić information content (AvgIpc) is 2.81. The topological polar surface area (TPSA) is 59.2 Å². The Hall–Kier alpha value is -2.36. The number of benzene rings is 1. The van der Waals surface area contributed by atoms with Gasteiger partial charge in [-0.3, -0.25) is 9.78 Å². The van der Waals surface area contributed by atoms with Crippen LogP contribution < -0.4 is 10.6 Å². The lowest BCUT2D eigenvalue weighted by Gasteiger charge is -2.17. The molecule has 0 saturated heterocycles. The number of fused-ring (bicyclic) bond motifs is 1. The van der Waals surface area contributed by atoms with Gasteiger partial charge in [0.05, 0.1) is 5.56 Å². The Kier molecular flexibility index (Phi) is 2.71. The van der Waals surface area contributed by atoms with Gasteiger partial charge < -0.3 is 10.6 Å². The van der Waals surface area contributed by atoms with Gasteiger partial charge in [0, 0.05) is 29.8 Å². The molecule has 2 heterocycles. The quantitative estimate of drug-likeness (QED) is 0.792. The van der Waals surface area contributed by atoms with Crippen LogP contribution in [0.3, 0.4) is 0 Å². The van der Waals surface area contributed by atoms with Crippen LogP contribution in [0.2, 0.25) is 0 Å². The molecule has 0 radical (unpaired) electrons. The van der Waals surface area contributed by atoms with Gasteiger partial charge in [-0.25, -0.2) is 0 Å². The van der Waals surface area contributed by atoms with E-state index in [1.54, 1.807) is 11.1 Å². The first kappa shape index (κ1) is 11.7. The summed E-state index contributed by atoms with van der Waals surface area (Å²) in [5.41, 5.74) is 10.1. The maximum Gasteiger partial charge on any atom is 0.259 e. The fourth-order valence-corrected chi connectivity index (χ4v) is 2.38. The van der Waals surface area contributed by atoms with Crippen molar-refractivity contribution in [2.45, 2.75) is 13.3 Å². The predicted octanol–water partition coefficient (Wildman–Crippen LogP) is 2.18. The van der Waals surface area contributed by atoms with Crippen molar-refractivity contribution in [2.75, 3.05) is 17.2 Å². The monoisotopic (exact) mass is 253 g/mol. The van der Waals surface area contributed by atoms with Gasteiger partial charge in [0.1, 0.15) is 0 Å². The Morgan fingerprint density at radius 3 is 2.89 bits per heavy atom. The van der Waals surface area contributed by atoms with Crippen molar-refractivity contribution in [1.82, 2.24) is 4.98 Å². The van der Waals surface area contributed by atoms with E-state index in [1.807, 2.05) is 37.3 Å². The largest absolute Gasteiger partial charge is 0.399 e. The average molecular weight is 253 g/mol. The molecule has 1 aliphatic heterocycles. The molecule has 2 N–H and O–H groups in total. The first-order chi connectivity index (χ1) is 9.15. The summed E-state index contributed by atoms with van der Waals surface area (Å²) in [6.07, 6.45) is 2.48. The summed E-state index contributed by atoms with van der Waals surface area (Å²) in [4.78, 5) is 18.4. The van der Waals surface area contributed by atoms with E-state index in [9.17, 15) is 4.79 Å². The van der Waals surface area contributed by atoms with Crippen LogP contribution in [-0.2, 0) is 6.42 Å². The molecule has 0 bridgehead atoms. The van der Waals surface area contributed by atoms with Crippen molar-refractivity contribution in [3.05, 3.63) is 53.3 Å². The molecule has 0 unspecified atom stereocenters. The first-order valence-corrected chi connectivity index (χ1v) is 6.28. The molecule has 1 aliphatic rings. The molecule has 0 aliphatic carbocycles. The van der Waals surface area contributed by atoms with Crippen molar-refractivity contribution in [3.63, 3.8) is 0 Å². The van der Waals surface area contributed by atoms with E-state index in [2.05, 4.69) is 4.98 Å². The molecule has 0 atom stereocenters. The number of amides is 1. The number of nitrogens with zero attached hydrogens (tertiary/aromatic N) is 2. The molecule has 4 heteroatoms. The van der Waals surface area contributed by atoms with E-state index in [4.69, 9.17) is 5.73 Å². The normalized spacial score (nSPS) is 13.4. The van der Waals surface area contributed by atoms with Crippen molar-refractivity contribution in [1.29, 1.82) is 0 Å². The number of nitrogens with two attached hydrogens (primary N) is 1. The van der Waals surface area contributed by atoms with E-state index in [1.165, 1.54) is 0 Å². The van der Waals surface area contributed by atoms with E-state index < -0.39 is 0 Å². The lowest BCUT2D eigenvalue weighted by Crippen LogP contribution is -2.28. The summed E-state index contributed by atoms with van der Waals surface area (Å²) in [5, 5.41) is 0. The SMILES string of the molecule is Cc1ccc(C(=O)N2CCc3cc(N)ccc32)cn1. The fraction of sp³-hybridized carbons (Fsp3) is 0.200. The first-order valence-electron chi connectivity index (χ1n) is 6.28. The van der Waals surface area contributed by atoms with E-state index >= 15 is 0 Å². The van der Waals surface area contributed by atoms with Crippen LogP contribution in [0.15, 0.2) is 36.5 Å². The van der Waals surface area contributed by atoms with E-state index in [-0.39, 0.29) is 5.91 Å². The van der Waals surface area contributed by atoms with Crippen LogP contribution in [0.25, 0.3) is 0 Å². The molecule has 2 aromatic rings. The van der Waals surface area contributed by atoms with Gasteiger partial charge in [0.15, 0.2) is 0 Å². The van der Waals surface area contributed by atoms with E-state index in [0.29, 0.717) is 12.1 Å². The molecule has 0 saturated carbocycles. The standard InChI is InChI=1S/C15H15N3O/c1-10-2-3-12(9-17-10)15(19)18-7-6-11-8-13(16)4-5-14(11)18/h2-5,8-9H,6-7,16H2,1H3. The number of nitrogen functional groups attached to an aromatic ring is 1. The maximum absolute atomic E-state index is 12.5. The summed E-state index contributed by atoms with van der Waals surface area (Å²) >= 11 is 0. The Morgan fingerprint density at radius 2 is 2.16 bits per heavy atom. The zero-order valence-electron chi connectivity index (χ0n) is 10.8. The summed E-state index contributed by atoms with van der Waals surface area (Å²) in [6.45, 7) is 2.60. The summed E-state index contributed by atoms with van der Waals surface area (Å²) in [5.74, 6) is -0.00368. The minimum Gasteiger partial charge on any atom is -0.399 e. The molecule has 96 valence electrons. The van der Waals surface area contributed by atoms with Gasteiger partial charge in [-0.1, -0.05) is 0 Å². The predicted molar refractivity (Wildman–Crippen MR) is 75.2 cm³/mol. The van der Waals surface area contributed by atoms with Gasteiger partial charge in [0.2, 0.25) is 0 Å². The molecule has 1 aromatic heterocycles. The van der Waals surface area contributed by atoms with Crippen LogP contribution in [-0.4, -0.2) is 17.4 Å². The number of anilines is 2. The third-order valence-electron chi connectivity index (χ3n) is 3.40. The highest BCUT2D eigenvalue weighted by atomic mass is 16.2. The molecule has 19 heavy (non-hydrogen) atoms. The second kappa shape index (κ2) is 4.39. The molecule has 4 nitrogen and oxygen atoms in total. The number of hydrogen-bond donors (Lipinski definition) is 1. The molecule has 3 rings (SSSR count). The zero-order valence-corrected chi connectivity index (χ0v) is 10.8. The summed E-state index contributed by atoms with van der Waals surface area (Å²) in [7, 11) is 0. The molecule has 0 spiro atoms. The molecule has 0 fully saturated rings. The van der Waals surface area contributed by atoms with Gasteiger partial charge in [-0.15, -0.1) is 0 Å². The number of aryl methyl sites for hydroxylation is 1. The van der Waals surface area contributed by atoms with Gasteiger partial charge in [-0.2, -0.15) is 0 Å². The highest BCUT2D eigenvalue weighted by molar-refractivity contribution is 6.07. The van der Waals surface area contributed by atoms with Crippen molar-refractivity contribution < 1.29 is 4.79 Å². The molecular formula is C15H15N3O. The molecule has 1 amide bonds. The van der Waals surface area contributed by atoms with Crippen LogP contribution >= 0.6 is 0 Å². The molecule has 1 aromatic carbocycles. The smallest absolute Gasteiger partial charge is 0.259 e. The van der Waals surface area contributed by atoms with Crippen LogP contribution in [0.4, 0.5) is 11.4 Å². The number of carbonyl (C=O) groups excluding carboxylic acids is 1. The Balaban J connectivity index is 1.93. The minimum absolute atomic E-state index is 0.00368. The third-order valence-corrected chi connectivity index (χ3v) is 3.40. The number of pyridine rings is 1. The third kappa shape index (κ3) is 2.05. The lowest BCUT2D eigenvalue weighted by molar-refractivity contribution is 0.0989. The Labute approximate surface area is 111 Å². The van der Waals surface area contributed by atoms with Gasteiger partial charge in [0.25, 0.3) is 5.91 Å². The summed E-state index contributed by atoms with van der Waals surface area (Å²) < 4.78 is 0. The number of hydrogen-bond acceptors (Lipinski definition) is 3. The minimum atomic E-state index is -0.00368. The number of carbonyl (C=O) groups is 1. The number of aromatic nitrogens is 1. The van der Waals surface area contributed by atoms with E-state index in [0.717, 1.165) is 29.1 Å². The van der Waals surface area contributed by atoms with Crippen LogP contribution in [0.5, 0.6) is 0 Å². The fourth-order valence-electron chi connectivity index (χ4n) is 2.38. The van der Waals surface area contributed by atoms with Gasteiger partial charge in [-0.05, 0) is 49.2 Å². The second-order valence-corrected chi connectivity index (χ2v) is 4.78. The number of rotatable bonds is 1. The van der Waals surface area contributed by atoms with Crippen molar-refractivity contribution in [2.24, 2.45) is 0 Å². The Bertz CT molecular complexity index is 634. The van der Waals surface area contributed by atoms with Crippen LogP contribution in [0, 0.1) is 6.92 Å². The Morgan fingerprint density at radius 1 is 1.32 bits per heavy atom. The van der Waals surface area contributed by atoms with Crippen molar-refractivity contribution >= 4 is 17.3 Å². The van der Waals surface area contributed by atoms with Crippen molar-refractivity contribution in [3.8, 4) is 0 Å². The highest BCUT2D eigenvalue weighted by Gasteiger charge is 2.25. The summed E-state index contributed by atoms with van der Waals surface area (Å²) in [6, 6.07) is 9.36. The van der Waals surface area contributed by atoms with Crippen LogP contribution in [0.1, 0.15) is 21.6 Å². The second-order valence-electron chi connectivity index (χ2n) is 4.78. The highest BCUT2D eigenvalue weighted by Crippen LogP contribution is 2.30. The van der Waals surface area contributed by atoms with Gasteiger partial charge >= 0.3 is 0 Å². The molecular weight excluding hydrogens is 238 g/mol. The maximum atomic E-state index is 12.5. The lowest BCUT2D eigenvalue weighted by atomic mass is 10.1.